The molecule has 0 heterocycles. The molecule has 0 N–H and O–H groups in total. The van der Waals surface area contributed by atoms with Gasteiger partial charge < -0.3 is 4.74 Å². The van der Waals surface area contributed by atoms with E-state index < -0.39 is 0 Å². The first-order chi connectivity index (χ1) is 4.54. The Hall–Kier alpha value is -0.0500. The van der Waals surface area contributed by atoms with E-state index in [0.717, 1.165) is 0 Å². The van der Waals surface area contributed by atoms with E-state index in [1.807, 2.05) is 13.8 Å². The van der Waals surface area contributed by atoms with Gasteiger partial charge in [-0.15, -0.1) is 0 Å². The minimum atomic E-state index is -0.189. The van der Waals surface area contributed by atoms with Crippen molar-refractivity contribution in [2.24, 2.45) is 5.92 Å². The molecule has 2 nitrogen and oxygen atoms in total. The molecule has 0 aliphatic rings. The third kappa shape index (κ3) is 4.79. The van der Waals surface area contributed by atoms with Crippen molar-refractivity contribution < 1.29 is 9.53 Å². The fourth-order valence-electron chi connectivity index (χ4n) is 0.364. The molecule has 0 saturated heterocycles. The van der Waals surface area contributed by atoms with Crippen LogP contribution in [0.1, 0.15) is 20.8 Å². The van der Waals surface area contributed by atoms with E-state index >= 15 is 0 Å². The lowest BCUT2D eigenvalue weighted by Crippen LogP contribution is -2.16. The van der Waals surface area contributed by atoms with Crippen LogP contribution in [0.4, 0.5) is 0 Å². The van der Waals surface area contributed by atoms with Crippen LogP contribution in [0.5, 0.6) is 0 Å². The number of rotatable bonds is 3. The van der Waals surface area contributed by atoms with Crippen LogP contribution < -0.4 is 0 Å². The van der Waals surface area contributed by atoms with Gasteiger partial charge in [-0.2, -0.15) is 0 Å². The fourth-order valence-corrected chi connectivity index (χ4v) is 0.496. The monoisotopic (exact) mass is 208 g/mol. The highest BCUT2D eigenvalue weighted by Crippen LogP contribution is 2.01. The van der Waals surface area contributed by atoms with Gasteiger partial charge in [0.05, 0.1) is 6.61 Å². The molecule has 1 atom stereocenters. The van der Waals surface area contributed by atoms with E-state index in [4.69, 9.17) is 4.74 Å². The van der Waals surface area contributed by atoms with Crippen LogP contribution in [0.2, 0.25) is 0 Å². The van der Waals surface area contributed by atoms with E-state index in [0.29, 0.717) is 12.5 Å². The van der Waals surface area contributed by atoms with Gasteiger partial charge in [0.2, 0.25) is 0 Å². The van der Waals surface area contributed by atoms with E-state index in [1.54, 1.807) is 6.92 Å². The number of halogens is 1. The minimum absolute atomic E-state index is 0.186. The Morgan fingerprint density at radius 3 is 2.30 bits per heavy atom. The van der Waals surface area contributed by atoms with Gasteiger partial charge in [0.25, 0.3) is 0 Å². The summed E-state index contributed by atoms with van der Waals surface area (Å²) in [6, 6.07) is 0. The molecule has 10 heavy (non-hydrogen) atoms. The Morgan fingerprint density at radius 2 is 2.00 bits per heavy atom. The first kappa shape index (κ1) is 9.95. The summed E-state index contributed by atoms with van der Waals surface area (Å²) in [6.45, 7) is 6.27. The molecule has 0 bridgehead atoms. The van der Waals surface area contributed by atoms with Crippen LogP contribution in [0.15, 0.2) is 0 Å². The average molecular weight is 209 g/mol. The number of carbonyl (C=O) groups excluding carboxylic acids is 1. The molecule has 3 heteroatoms. The molecule has 0 rings (SSSR count). The predicted octanol–water partition coefficient (Wildman–Crippen LogP) is 1.97. The smallest absolute Gasteiger partial charge is 0.319 e. The topological polar surface area (TPSA) is 26.3 Å². The van der Waals surface area contributed by atoms with Crippen molar-refractivity contribution in [3.63, 3.8) is 0 Å². The lowest BCUT2D eigenvalue weighted by atomic mass is 10.2. The number of hydrogen-bond donors (Lipinski definition) is 0. The van der Waals surface area contributed by atoms with Crippen LogP contribution in [-0.2, 0) is 9.53 Å². The number of hydrogen-bond acceptors (Lipinski definition) is 2. The zero-order valence-corrected chi connectivity index (χ0v) is 8.14. The third-order valence-corrected chi connectivity index (χ3v) is 1.26. The maximum atomic E-state index is 10.8. The lowest BCUT2D eigenvalue weighted by molar-refractivity contribution is -0.143. The van der Waals surface area contributed by atoms with Crippen molar-refractivity contribution >= 4 is 21.9 Å². The Balaban J connectivity index is 3.40. The highest BCUT2D eigenvalue weighted by molar-refractivity contribution is 9.10. The van der Waals surface area contributed by atoms with Crippen LogP contribution in [0, 0.1) is 5.92 Å². The number of esters is 1. The molecule has 0 aromatic rings. The van der Waals surface area contributed by atoms with Gasteiger partial charge in [0.15, 0.2) is 0 Å². The van der Waals surface area contributed by atoms with E-state index in [9.17, 15) is 4.79 Å². The van der Waals surface area contributed by atoms with Crippen molar-refractivity contribution in [3.8, 4) is 0 Å². The number of ether oxygens (including phenoxy) is 1. The Bertz CT molecular complexity index is 110. The second kappa shape index (κ2) is 4.72. The van der Waals surface area contributed by atoms with Crippen molar-refractivity contribution in [1.82, 2.24) is 0 Å². The Morgan fingerprint density at radius 1 is 1.50 bits per heavy atom. The molecule has 0 radical (unpaired) electrons. The average Bonchev–Trinajstić information content (AvgIpc) is 1.82. The van der Waals surface area contributed by atoms with E-state index in [1.165, 1.54) is 0 Å². The van der Waals surface area contributed by atoms with Crippen molar-refractivity contribution in [1.29, 1.82) is 0 Å². The molecule has 0 spiro atoms. The fraction of sp³-hybridized carbons (Fsp3) is 0.857. The van der Waals surface area contributed by atoms with Gasteiger partial charge in [0, 0.05) is 0 Å². The quantitative estimate of drug-likeness (QED) is 0.524. The second-order valence-electron chi connectivity index (χ2n) is 2.64. The molecule has 0 saturated carbocycles. The Labute approximate surface area is 70.1 Å². The predicted molar refractivity (Wildman–Crippen MR) is 44.2 cm³/mol. The summed E-state index contributed by atoms with van der Waals surface area (Å²) >= 11 is 3.12. The van der Waals surface area contributed by atoms with Crippen molar-refractivity contribution in [2.75, 3.05) is 6.61 Å². The normalized spacial score (nSPS) is 13.3. The van der Waals surface area contributed by atoms with Crippen LogP contribution in [0.3, 0.4) is 0 Å². The number of carbonyl (C=O) groups is 1. The molecule has 60 valence electrons. The SMILES string of the molecule is CC(C)COC(=O)[C@H](C)Br. The zero-order valence-electron chi connectivity index (χ0n) is 6.56. The van der Waals surface area contributed by atoms with E-state index in [-0.39, 0.29) is 10.8 Å². The molecule has 0 fully saturated rings. The zero-order chi connectivity index (χ0) is 8.15. The molecule has 0 aliphatic heterocycles. The summed E-state index contributed by atoms with van der Waals surface area (Å²) in [5.74, 6) is 0.226. The maximum absolute atomic E-state index is 10.8. The molecule has 0 aromatic heterocycles. The number of alkyl halides is 1. The summed E-state index contributed by atoms with van der Waals surface area (Å²) in [5.41, 5.74) is 0. The molecule has 0 aromatic carbocycles. The van der Waals surface area contributed by atoms with Crippen molar-refractivity contribution in [2.45, 2.75) is 25.6 Å². The summed E-state index contributed by atoms with van der Waals surface area (Å²) in [4.78, 5) is 10.6. The molecule has 0 aliphatic carbocycles. The largest absolute Gasteiger partial charge is 0.465 e. The van der Waals surface area contributed by atoms with Gasteiger partial charge in [-0.05, 0) is 12.8 Å². The third-order valence-electron chi connectivity index (χ3n) is 0.884. The lowest BCUT2D eigenvalue weighted by Gasteiger charge is -2.07. The summed E-state index contributed by atoms with van der Waals surface area (Å²) in [5, 5.41) is 0. The maximum Gasteiger partial charge on any atom is 0.319 e. The van der Waals surface area contributed by atoms with Crippen LogP contribution in [0.25, 0.3) is 0 Å². The highest BCUT2D eigenvalue weighted by Gasteiger charge is 2.09. The van der Waals surface area contributed by atoms with Gasteiger partial charge >= 0.3 is 5.97 Å². The van der Waals surface area contributed by atoms with Gasteiger partial charge in [-0.3, -0.25) is 4.79 Å². The Kier molecular flexibility index (Phi) is 4.69. The van der Waals surface area contributed by atoms with Crippen LogP contribution in [-0.4, -0.2) is 17.4 Å². The molecular formula is C7H13BrO2. The second-order valence-corrected chi connectivity index (χ2v) is 4.01. The minimum Gasteiger partial charge on any atom is -0.465 e. The molecular weight excluding hydrogens is 196 g/mol. The van der Waals surface area contributed by atoms with Gasteiger partial charge in [-0.25, -0.2) is 0 Å². The van der Waals surface area contributed by atoms with Crippen LogP contribution >= 0.6 is 15.9 Å². The first-order valence-corrected chi connectivity index (χ1v) is 4.26. The van der Waals surface area contributed by atoms with Crippen molar-refractivity contribution in [3.05, 3.63) is 0 Å². The molecule has 0 amide bonds. The standard InChI is InChI=1S/C7H13BrO2/c1-5(2)4-10-7(9)6(3)8/h5-6H,4H2,1-3H3/t6-/m0/s1. The van der Waals surface area contributed by atoms with E-state index in [2.05, 4.69) is 15.9 Å². The first-order valence-electron chi connectivity index (χ1n) is 3.34. The highest BCUT2D eigenvalue weighted by atomic mass is 79.9. The summed E-state index contributed by atoms with van der Waals surface area (Å²) in [7, 11) is 0. The summed E-state index contributed by atoms with van der Waals surface area (Å²) in [6.07, 6.45) is 0. The van der Waals surface area contributed by atoms with Gasteiger partial charge in [-0.1, -0.05) is 29.8 Å². The van der Waals surface area contributed by atoms with Gasteiger partial charge in [0.1, 0.15) is 4.83 Å². The summed E-state index contributed by atoms with van der Waals surface area (Å²) < 4.78 is 4.88. The molecule has 0 unspecified atom stereocenters.